The van der Waals surface area contributed by atoms with Crippen LogP contribution in [0.1, 0.15) is 32.6 Å². The highest BCUT2D eigenvalue weighted by molar-refractivity contribution is 6.07. The van der Waals surface area contributed by atoms with E-state index in [2.05, 4.69) is 16.7 Å². The molecule has 4 rings (SSSR count). The Balaban J connectivity index is 1.39. The molecular weight excluding hydrogens is 374 g/mol. The second-order valence-corrected chi connectivity index (χ2v) is 7.66. The molecule has 152 valence electrons. The number of anilines is 2. The van der Waals surface area contributed by atoms with Gasteiger partial charge in [0, 0.05) is 30.0 Å². The van der Waals surface area contributed by atoms with Crippen LogP contribution in [0.2, 0.25) is 0 Å². The zero-order chi connectivity index (χ0) is 21.1. The maximum atomic E-state index is 12.8. The van der Waals surface area contributed by atoms with Crippen molar-refractivity contribution in [1.82, 2.24) is 5.32 Å². The Kier molecular flexibility index (Phi) is 5.53. The number of carbonyl (C=O) groups excluding carboxylic acids is 2. The molecular formula is C25H25N3O2. The Morgan fingerprint density at radius 2 is 1.77 bits per heavy atom. The molecule has 1 heterocycles. The third-order valence-corrected chi connectivity index (χ3v) is 5.39. The highest BCUT2D eigenvalue weighted by atomic mass is 16.2. The van der Waals surface area contributed by atoms with E-state index >= 15 is 0 Å². The fraction of sp³-hybridized carbons (Fsp3) is 0.200. The monoisotopic (exact) mass is 399 g/mol. The van der Waals surface area contributed by atoms with Crippen LogP contribution in [0.5, 0.6) is 0 Å². The van der Waals surface area contributed by atoms with E-state index in [1.807, 2.05) is 79.4 Å². The van der Waals surface area contributed by atoms with Crippen molar-refractivity contribution < 1.29 is 9.59 Å². The predicted octanol–water partition coefficient (Wildman–Crippen LogP) is 4.83. The van der Waals surface area contributed by atoms with Gasteiger partial charge in [-0.25, -0.2) is 4.79 Å². The van der Waals surface area contributed by atoms with Crippen LogP contribution in [-0.4, -0.2) is 18.5 Å². The van der Waals surface area contributed by atoms with Crippen LogP contribution in [0.15, 0.2) is 66.7 Å². The molecule has 0 atom stereocenters. The van der Waals surface area contributed by atoms with Gasteiger partial charge in [0.1, 0.15) is 0 Å². The van der Waals surface area contributed by atoms with E-state index in [-0.39, 0.29) is 11.9 Å². The number of benzene rings is 3. The molecule has 1 aliphatic heterocycles. The Morgan fingerprint density at radius 1 is 0.967 bits per heavy atom. The lowest BCUT2D eigenvalue weighted by Crippen LogP contribution is -2.29. The summed E-state index contributed by atoms with van der Waals surface area (Å²) in [6.45, 7) is 5.11. The SMILES string of the molecule is Cc1ccc(NC(=O)NCc2ccc3c(c2)CCN3C(=O)c2ccccc2)c(C)c1. The molecule has 5 nitrogen and oxygen atoms in total. The first kappa shape index (κ1) is 19.7. The van der Waals surface area contributed by atoms with Crippen LogP contribution < -0.4 is 15.5 Å². The third kappa shape index (κ3) is 4.20. The highest BCUT2D eigenvalue weighted by Gasteiger charge is 2.25. The van der Waals surface area contributed by atoms with Gasteiger partial charge in [-0.2, -0.15) is 0 Å². The molecule has 0 aromatic heterocycles. The number of aryl methyl sites for hydroxylation is 2. The molecule has 1 aliphatic rings. The van der Waals surface area contributed by atoms with Crippen LogP contribution >= 0.6 is 0 Å². The minimum Gasteiger partial charge on any atom is -0.334 e. The molecule has 0 fully saturated rings. The smallest absolute Gasteiger partial charge is 0.319 e. The molecule has 0 aliphatic carbocycles. The fourth-order valence-electron chi connectivity index (χ4n) is 3.82. The maximum Gasteiger partial charge on any atom is 0.319 e. The van der Waals surface area contributed by atoms with Gasteiger partial charge in [0.05, 0.1) is 0 Å². The molecule has 0 bridgehead atoms. The molecule has 3 aromatic rings. The Morgan fingerprint density at radius 3 is 2.53 bits per heavy atom. The van der Waals surface area contributed by atoms with E-state index in [9.17, 15) is 9.59 Å². The lowest BCUT2D eigenvalue weighted by molar-refractivity contribution is 0.0989. The van der Waals surface area contributed by atoms with Gasteiger partial charge in [0.15, 0.2) is 0 Å². The quantitative estimate of drug-likeness (QED) is 0.660. The highest BCUT2D eigenvalue weighted by Crippen LogP contribution is 2.30. The Labute approximate surface area is 176 Å². The number of carbonyl (C=O) groups is 2. The summed E-state index contributed by atoms with van der Waals surface area (Å²) in [6, 6.07) is 21.1. The minimum atomic E-state index is -0.233. The van der Waals surface area contributed by atoms with E-state index in [4.69, 9.17) is 0 Å². The molecule has 3 amide bonds. The van der Waals surface area contributed by atoms with Crippen molar-refractivity contribution in [3.05, 3.63) is 94.5 Å². The van der Waals surface area contributed by atoms with Crippen molar-refractivity contribution in [2.45, 2.75) is 26.8 Å². The summed E-state index contributed by atoms with van der Waals surface area (Å²) in [6.07, 6.45) is 0.816. The number of hydrogen-bond donors (Lipinski definition) is 2. The number of amides is 3. The molecule has 0 radical (unpaired) electrons. The van der Waals surface area contributed by atoms with Crippen molar-refractivity contribution >= 4 is 23.3 Å². The van der Waals surface area contributed by atoms with Gasteiger partial charge in [-0.15, -0.1) is 0 Å². The van der Waals surface area contributed by atoms with Gasteiger partial charge in [0.25, 0.3) is 5.91 Å². The van der Waals surface area contributed by atoms with Crippen molar-refractivity contribution in [2.75, 3.05) is 16.8 Å². The largest absolute Gasteiger partial charge is 0.334 e. The molecule has 0 spiro atoms. The Hall–Kier alpha value is -3.60. The van der Waals surface area contributed by atoms with E-state index in [1.165, 1.54) is 0 Å². The average molecular weight is 399 g/mol. The van der Waals surface area contributed by atoms with Crippen LogP contribution in [0.3, 0.4) is 0 Å². The Bertz CT molecular complexity index is 1090. The maximum absolute atomic E-state index is 12.8. The number of urea groups is 1. The number of hydrogen-bond acceptors (Lipinski definition) is 2. The first-order valence-corrected chi connectivity index (χ1v) is 10.1. The summed E-state index contributed by atoms with van der Waals surface area (Å²) in [5.41, 5.74) is 6.79. The van der Waals surface area contributed by atoms with Gasteiger partial charge in [-0.05, 0) is 61.2 Å². The standard InChI is InChI=1S/C25H25N3O2/c1-17-8-10-22(18(2)14-17)27-25(30)26-16-19-9-11-23-21(15-19)12-13-28(23)24(29)20-6-4-3-5-7-20/h3-11,14-15H,12-13,16H2,1-2H3,(H2,26,27,30). The van der Waals surface area contributed by atoms with Gasteiger partial charge in [-0.1, -0.05) is 48.0 Å². The topological polar surface area (TPSA) is 61.4 Å². The van der Waals surface area contributed by atoms with Crippen molar-refractivity contribution in [2.24, 2.45) is 0 Å². The first-order valence-electron chi connectivity index (χ1n) is 10.1. The number of rotatable bonds is 4. The molecule has 3 aromatic carbocycles. The van der Waals surface area contributed by atoms with E-state index in [0.29, 0.717) is 18.7 Å². The van der Waals surface area contributed by atoms with Crippen LogP contribution in [0.4, 0.5) is 16.2 Å². The number of nitrogens with zero attached hydrogens (tertiary/aromatic N) is 1. The summed E-state index contributed by atoms with van der Waals surface area (Å²) < 4.78 is 0. The summed E-state index contributed by atoms with van der Waals surface area (Å²) in [4.78, 5) is 26.9. The van der Waals surface area contributed by atoms with E-state index in [0.717, 1.165) is 40.0 Å². The number of fused-ring (bicyclic) bond motifs is 1. The first-order chi connectivity index (χ1) is 14.5. The van der Waals surface area contributed by atoms with E-state index in [1.54, 1.807) is 0 Å². The van der Waals surface area contributed by atoms with Gasteiger partial charge >= 0.3 is 6.03 Å². The molecule has 5 heteroatoms. The van der Waals surface area contributed by atoms with Crippen molar-refractivity contribution in [1.29, 1.82) is 0 Å². The molecule has 2 N–H and O–H groups in total. The summed E-state index contributed by atoms with van der Waals surface area (Å²) in [7, 11) is 0. The molecule has 0 saturated heterocycles. The van der Waals surface area contributed by atoms with Crippen LogP contribution in [0.25, 0.3) is 0 Å². The minimum absolute atomic E-state index is 0.0214. The van der Waals surface area contributed by atoms with Gasteiger partial charge < -0.3 is 15.5 Å². The third-order valence-electron chi connectivity index (χ3n) is 5.39. The molecule has 30 heavy (non-hydrogen) atoms. The zero-order valence-corrected chi connectivity index (χ0v) is 17.2. The van der Waals surface area contributed by atoms with E-state index < -0.39 is 0 Å². The lowest BCUT2D eigenvalue weighted by atomic mass is 10.1. The summed E-state index contributed by atoms with van der Waals surface area (Å²) in [5.74, 6) is 0.0214. The predicted molar refractivity (Wildman–Crippen MR) is 120 cm³/mol. The summed E-state index contributed by atoms with van der Waals surface area (Å²) >= 11 is 0. The normalized spacial score (nSPS) is 12.4. The number of nitrogens with one attached hydrogen (secondary N) is 2. The summed E-state index contributed by atoms with van der Waals surface area (Å²) in [5, 5.41) is 5.81. The molecule has 0 unspecified atom stereocenters. The van der Waals surface area contributed by atoms with Crippen molar-refractivity contribution in [3.63, 3.8) is 0 Å². The lowest BCUT2D eigenvalue weighted by Gasteiger charge is -2.18. The van der Waals surface area contributed by atoms with Crippen molar-refractivity contribution in [3.8, 4) is 0 Å². The second kappa shape index (κ2) is 8.41. The average Bonchev–Trinajstić information content (AvgIpc) is 3.17. The fourth-order valence-corrected chi connectivity index (χ4v) is 3.82. The zero-order valence-electron chi connectivity index (χ0n) is 17.2. The van der Waals surface area contributed by atoms with Crippen LogP contribution in [0, 0.1) is 13.8 Å². The van der Waals surface area contributed by atoms with Gasteiger partial charge in [-0.3, -0.25) is 4.79 Å². The van der Waals surface area contributed by atoms with Crippen LogP contribution in [-0.2, 0) is 13.0 Å². The second-order valence-electron chi connectivity index (χ2n) is 7.66. The molecule has 0 saturated carbocycles. The van der Waals surface area contributed by atoms with Gasteiger partial charge in [0.2, 0.25) is 0 Å².